The highest BCUT2D eigenvalue weighted by Gasteiger charge is 2.10. The normalized spacial score (nSPS) is 12.4. The maximum absolute atomic E-state index is 6.09. The molecule has 0 amide bonds. The van der Waals surface area contributed by atoms with Crippen LogP contribution in [0.4, 0.5) is 0 Å². The molecule has 7 heteroatoms. The number of alkyl halides is 1. The molecule has 0 saturated heterocycles. The van der Waals surface area contributed by atoms with Crippen molar-refractivity contribution in [3.63, 3.8) is 0 Å². The van der Waals surface area contributed by atoms with E-state index in [-0.39, 0.29) is 5.38 Å². The summed E-state index contributed by atoms with van der Waals surface area (Å²) in [5, 5.41) is 8.89. The van der Waals surface area contributed by atoms with Crippen molar-refractivity contribution in [2.75, 3.05) is 6.61 Å². The molecule has 0 aliphatic heterocycles. The summed E-state index contributed by atoms with van der Waals surface area (Å²) in [5.74, 6) is 0.486. The summed E-state index contributed by atoms with van der Waals surface area (Å²) in [6.07, 6.45) is 2.63. The molecule has 0 radical (unpaired) electrons. The Bertz CT molecular complexity index is 553. The Morgan fingerprint density at radius 2 is 2.00 bits per heavy atom. The van der Waals surface area contributed by atoms with E-state index in [1.54, 1.807) is 22.9 Å². The Morgan fingerprint density at radius 1 is 1.30 bits per heavy atom. The van der Waals surface area contributed by atoms with Crippen LogP contribution >= 0.6 is 34.8 Å². The van der Waals surface area contributed by atoms with Crippen LogP contribution in [0, 0.1) is 0 Å². The fraction of sp³-hybridized carbons (Fsp3) is 0.385. The minimum Gasteiger partial charge on any atom is -0.489 e. The number of aromatic nitrogens is 3. The van der Waals surface area contributed by atoms with Crippen LogP contribution in [0.25, 0.3) is 0 Å². The standard InChI is InChI=1S/C13H14Cl3N3O/c1-2-9(14)12-8-19(18-17-12)6-7-20-13-10(15)4-3-5-11(13)16/h3-5,8-9H,2,6-7H2,1H3. The lowest BCUT2D eigenvalue weighted by Crippen LogP contribution is -2.09. The first-order valence-corrected chi connectivity index (χ1v) is 7.42. The van der Waals surface area contributed by atoms with Gasteiger partial charge in [0, 0.05) is 0 Å². The summed E-state index contributed by atoms with van der Waals surface area (Å²) < 4.78 is 7.27. The SMILES string of the molecule is CCC(Cl)c1cn(CCOc2c(Cl)cccc2Cl)nn1. The Hall–Kier alpha value is -0.970. The quantitative estimate of drug-likeness (QED) is 0.737. The predicted molar refractivity (Wildman–Crippen MR) is 80.9 cm³/mol. The lowest BCUT2D eigenvalue weighted by Gasteiger charge is -2.09. The van der Waals surface area contributed by atoms with Crippen LogP contribution in [-0.2, 0) is 6.54 Å². The first kappa shape index (κ1) is 15.4. The van der Waals surface area contributed by atoms with E-state index in [0.29, 0.717) is 28.9 Å². The molecule has 108 valence electrons. The van der Waals surface area contributed by atoms with E-state index >= 15 is 0 Å². The molecule has 0 saturated carbocycles. The fourth-order valence-electron chi connectivity index (χ4n) is 1.64. The molecule has 2 aromatic rings. The van der Waals surface area contributed by atoms with Gasteiger partial charge >= 0.3 is 0 Å². The van der Waals surface area contributed by atoms with Gasteiger partial charge in [0.2, 0.25) is 0 Å². The molecule has 0 aliphatic carbocycles. The second kappa shape index (κ2) is 7.16. The molecule has 2 rings (SSSR count). The highest BCUT2D eigenvalue weighted by molar-refractivity contribution is 6.37. The first-order valence-electron chi connectivity index (χ1n) is 6.22. The summed E-state index contributed by atoms with van der Waals surface area (Å²) in [6, 6.07) is 5.23. The number of hydrogen-bond acceptors (Lipinski definition) is 3. The van der Waals surface area contributed by atoms with Gasteiger partial charge in [0.15, 0.2) is 5.75 Å². The van der Waals surface area contributed by atoms with Crippen LogP contribution in [-0.4, -0.2) is 21.6 Å². The number of ether oxygens (including phenoxy) is 1. The third kappa shape index (κ3) is 3.78. The smallest absolute Gasteiger partial charge is 0.156 e. The molecule has 0 bridgehead atoms. The maximum atomic E-state index is 6.09. The summed E-state index contributed by atoms with van der Waals surface area (Å²) in [7, 11) is 0. The summed E-state index contributed by atoms with van der Waals surface area (Å²) in [5.41, 5.74) is 0.768. The van der Waals surface area contributed by atoms with Crippen LogP contribution in [0.15, 0.2) is 24.4 Å². The largest absolute Gasteiger partial charge is 0.489 e. The van der Waals surface area contributed by atoms with Gasteiger partial charge in [-0.2, -0.15) is 0 Å². The Balaban J connectivity index is 1.91. The Labute approximate surface area is 132 Å². The number of nitrogens with zero attached hydrogens (tertiary/aromatic N) is 3. The van der Waals surface area contributed by atoms with Crippen molar-refractivity contribution in [1.82, 2.24) is 15.0 Å². The average molecular weight is 335 g/mol. The Kier molecular flexibility index (Phi) is 5.52. The van der Waals surface area contributed by atoms with Crippen LogP contribution in [0.1, 0.15) is 24.4 Å². The molecule has 0 fully saturated rings. The van der Waals surface area contributed by atoms with Gasteiger partial charge in [-0.1, -0.05) is 41.4 Å². The first-order chi connectivity index (χ1) is 9.61. The molecule has 1 aromatic carbocycles. The van der Waals surface area contributed by atoms with E-state index in [1.165, 1.54) is 0 Å². The second-order valence-corrected chi connectivity index (χ2v) is 5.52. The topological polar surface area (TPSA) is 39.9 Å². The second-order valence-electron chi connectivity index (χ2n) is 4.18. The molecule has 1 atom stereocenters. The average Bonchev–Trinajstić information content (AvgIpc) is 2.90. The molecular weight excluding hydrogens is 321 g/mol. The van der Waals surface area contributed by atoms with Gasteiger partial charge in [-0.15, -0.1) is 16.7 Å². The number of para-hydroxylation sites is 1. The summed E-state index contributed by atoms with van der Waals surface area (Å²) in [4.78, 5) is 0. The maximum Gasteiger partial charge on any atom is 0.156 e. The zero-order valence-corrected chi connectivity index (χ0v) is 13.2. The van der Waals surface area contributed by atoms with Gasteiger partial charge in [-0.3, -0.25) is 0 Å². The fourth-order valence-corrected chi connectivity index (χ4v) is 2.24. The van der Waals surface area contributed by atoms with Crippen molar-refractivity contribution >= 4 is 34.8 Å². The van der Waals surface area contributed by atoms with E-state index < -0.39 is 0 Å². The van der Waals surface area contributed by atoms with E-state index in [0.717, 1.165) is 12.1 Å². The van der Waals surface area contributed by atoms with Gasteiger partial charge in [0.05, 0.1) is 28.2 Å². The molecule has 1 heterocycles. The lowest BCUT2D eigenvalue weighted by atomic mass is 10.3. The van der Waals surface area contributed by atoms with Crippen molar-refractivity contribution < 1.29 is 4.74 Å². The van der Waals surface area contributed by atoms with E-state index in [4.69, 9.17) is 39.5 Å². The van der Waals surface area contributed by atoms with Gasteiger partial charge in [-0.05, 0) is 18.6 Å². The van der Waals surface area contributed by atoms with Crippen molar-refractivity contribution in [1.29, 1.82) is 0 Å². The lowest BCUT2D eigenvalue weighted by molar-refractivity contribution is 0.290. The van der Waals surface area contributed by atoms with Crippen molar-refractivity contribution in [3.8, 4) is 5.75 Å². The van der Waals surface area contributed by atoms with Crippen molar-refractivity contribution in [3.05, 3.63) is 40.1 Å². The molecular formula is C13H14Cl3N3O. The summed E-state index contributed by atoms with van der Waals surface area (Å²) >= 11 is 18.1. The zero-order valence-electron chi connectivity index (χ0n) is 10.9. The van der Waals surface area contributed by atoms with Crippen LogP contribution in [0.2, 0.25) is 10.0 Å². The minimum atomic E-state index is -0.109. The van der Waals surface area contributed by atoms with Crippen molar-refractivity contribution in [2.45, 2.75) is 25.3 Å². The molecule has 0 N–H and O–H groups in total. The number of hydrogen-bond donors (Lipinski definition) is 0. The molecule has 1 aromatic heterocycles. The minimum absolute atomic E-state index is 0.109. The molecule has 0 spiro atoms. The Morgan fingerprint density at radius 3 is 2.65 bits per heavy atom. The van der Waals surface area contributed by atoms with Crippen LogP contribution in [0.5, 0.6) is 5.75 Å². The third-order valence-corrected chi connectivity index (χ3v) is 3.85. The van der Waals surface area contributed by atoms with Crippen LogP contribution < -0.4 is 4.74 Å². The van der Waals surface area contributed by atoms with E-state index in [1.807, 2.05) is 13.1 Å². The van der Waals surface area contributed by atoms with Gasteiger partial charge in [0.1, 0.15) is 12.3 Å². The predicted octanol–water partition coefficient (Wildman–Crippen LogP) is 4.35. The highest BCUT2D eigenvalue weighted by Crippen LogP contribution is 2.32. The molecule has 0 aliphatic rings. The van der Waals surface area contributed by atoms with E-state index in [2.05, 4.69) is 10.3 Å². The summed E-state index contributed by atoms with van der Waals surface area (Å²) in [6.45, 7) is 2.94. The molecule has 4 nitrogen and oxygen atoms in total. The monoisotopic (exact) mass is 333 g/mol. The number of benzene rings is 1. The van der Waals surface area contributed by atoms with Crippen molar-refractivity contribution in [2.24, 2.45) is 0 Å². The van der Waals surface area contributed by atoms with Gasteiger partial charge in [-0.25, -0.2) is 4.68 Å². The molecule has 1 unspecified atom stereocenters. The number of rotatable bonds is 6. The molecule has 20 heavy (non-hydrogen) atoms. The van der Waals surface area contributed by atoms with E-state index in [9.17, 15) is 0 Å². The third-order valence-electron chi connectivity index (χ3n) is 2.72. The van der Waals surface area contributed by atoms with Crippen LogP contribution in [0.3, 0.4) is 0 Å². The van der Waals surface area contributed by atoms with Gasteiger partial charge in [0.25, 0.3) is 0 Å². The van der Waals surface area contributed by atoms with Gasteiger partial charge < -0.3 is 4.74 Å². The number of halogens is 3. The highest BCUT2D eigenvalue weighted by atomic mass is 35.5. The zero-order chi connectivity index (χ0) is 14.5.